The Morgan fingerprint density at radius 2 is 1.82 bits per heavy atom. The summed E-state index contributed by atoms with van der Waals surface area (Å²) in [6.45, 7) is 5.93. The molecule has 0 spiro atoms. The topological polar surface area (TPSA) is 18.5 Å². The molecule has 2 aliphatic rings. The Labute approximate surface area is 107 Å². The second-order valence-corrected chi connectivity index (χ2v) is 6.05. The number of rotatable bonds is 6. The SMILES string of the molecule is CCCNC1CC2CCC(C1)N2CCN(C)C. The number of likely N-dealkylation sites (N-methyl/N-ethyl adjacent to an activating group) is 1. The summed E-state index contributed by atoms with van der Waals surface area (Å²) < 4.78 is 0. The van der Waals surface area contributed by atoms with Gasteiger partial charge in [-0.15, -0.1) is 0 Å². The van der Waals surface area contributed by atoms with Gasteiger partial charge in [0, 0.05) is 31.2 Å². The molecule has 2 rings (SSSR count). The van der Waals surface area contributed by atoms with Gasteiger partial charge in [0.25, 0.3) is 0 Å². The van der Waals surface area contributed by atoms with Crippen LogP contribution in [0.15, 0.2) is 0 Å². The third-order valence-electron chi connectivity index (χ3n) is 4.37. The maximum absolute atomic E-state index is 3.72. The molecule has 3 nitrogen and oxygen atoms in total. The first-order chi connectivity index (χ1) is 8.20. The summed E-state index contributed by atoms with van der Waals surface area (Å²) >= 11 is 0. The zero-order valence-electron chi connectivity index (χ0n) is 11.8. The van der Waals surface area contributed by atoms with Crippen LogP contribution in [-0.2, 0) is 0 Å². The number of fused-ring (bicyclic) bond motifs is 2. The minimum atomic E-state index is 0.794. The molecule has 17 heavy (non-hydrogen) atoms. The molecular formula is C14H29N3. The minimum Gasteiger partial charge on any atom is -0.314 e. The Hall–Kier alpha value is -0.120. The maximum atomic E-state index is 3.72. The van der Waals surface area contributed by atoms with E-state index in [1.54, 1.807) is 0 Å². The Morgan fingerprint density at radius 3 is 2.35 bits per heavy atom. The van der Waals surface area contributed by atoms with Gasteiger partial charge in [-0.3, -0.25) is 4.90 Å². The van der Waals surface area contributed by atoms with Crippen molar-refractivity contribution in [2.24, 2.45) is 0 Å². The molecule has 2 saturated heterocycles. The monoisotopic (exact) mass is 239 g/mol. The normalized spacial score (nSPS) is 33.5. The standard InChI is InChI=1S/C14H29N3/c1-4-7-15-12-10-13-5-6-14(11-12)17(13)9-8-16(2)3/h12-15H,4-11H2,1-3H3. The Kier molecular flexibility index (Phi) is 4.83. The largest absolute Gasteiger partial charge is 0.314 e. The molecule has 0 amide bonds. The number of nitrogens with one attached hydrogen (secondary N) is 1. The average Bonchev–Trinajstić information content (AvgIpc) is 2.54. The van der Waals surface area contributed by atoms with Crippen molar-refractivity contribution in [3.8, 4) is 0 Å². The Bertz CT molecular complexity index is 216. The third kappa shape index (κ3) is 3.43. The number of nitrogens with zero attached hydrogens (tertiary/aromatic N) is 2. The molecule has 2 fully saturated rings. The van der Waals surface area contributed by atoms with Gasteiger partial charge in [-0.2, -0.15) is 0 Å². The van der Waals surface area contributed by atoms with E-state index >= 15 is 0 Å². The molecule has 1 N–H and O–H groups in total. The number of hydrogen-bond acceptors (Lipinski definition) is 3. The van der Waals surface area contributed by atoms with E-state index in [1.165, 1.54) is 51.7 Å². The zero-order chi connectivity index (χ0) is 12.3. The highest BCUT2D eigenvalue weighted by Crippen LogP contribution is 2.35. The predicted octanol–water partition coefficient (Wildman–Crippen LogP) is 1.54. The van der Waals surface area contributed by atoms with E-state index in [4.69, 9.17) is 0 Å². The van der Waals surface area contributed by atoms with Crippen LogP contribution in [0.2, 0.25) is 0 Å². The van der Waals surface area contributed by atoms with Gasteiger partial charge >= 0.3 is 0 Å². The van der Waals surface area contributed by atoms with Crippen molar-refractivity contribution in [1.29, 1.82) is 0 Å². The fourth-order valence-electron chi connectivity index (χ4n) is 3.47. The molecule has 2 heterocycles. The lowest BCUT2D eigenvalue weighted by molar-refractivity contribution is 0.108. The average molecular weight is 239 g/mol. The molecule has 2 unspecified atom stereocenters. The fourth-order valence-corrected chi connectivity index (χ4v) is 3.47. The molecule has 2 atom stereocenters. The van der Waals surface area contributed by atoms with Gasteiger partial charge in [0.2, 0.25) is 0 Å². The molecule has 2 bridgehead atoms. The maximum Gasteiger partial charge on any atom is 0.0115 e. The van der Waals surface area contributed by atoms with Gasteiger partial charge in [-0.1, -0.05) is 6.92 Å². The van der Waals surface area contributed by atoms with Crippen LogP contribution in [0.25, 0.3) is 0 Å². The van der Waals surface area contributed by atoms with Crippen molar-refractivity contribution in [2.45, 2.75) is 57.2 Å². The van der Waals surface area contributed by atoms with E-state index in [1.807, 2.05) is 0 Å². The van der Waals surface area contributed by atoms with Crippen molar-refractivity contribution in [3.05, 3.63) is 0 Å². The van der Waals surface area contributed by atoms with Crippen LogP contribution in [0.1, 0.15) is 39.0 Å². The first-order valence-electron chi connectivity index (χ1n) is 7.34. The highest BCUT2D eigenvalue weighted by atomic mass is 15.2. The van der Waals surface area contributed by atoms with Crippen LogP contribution < -0.4 is 5.32 Å². The van der Waals surface area contributed by atoms with Gasteiger partial charge in [0.05, 0.1) is 0 Å². The summed E-state index contributed by atoms with van der Waals surface area (Å²) in [5.41, 5.74) is 0. The fraction of sp³-hybridized carbons (Fsp3) is 1.00. The molecule has 2 aliphatic heterocycles. The summed E-state index contributed by atoms with van der Waals surface area (Å²) in [7, 11) is 4.36. The van der Waals surface area contributed by atoms with E-state index < -0.39 is 0 Å². The van der Waals surface area contributed by atoms with Crippen molar-refractivity contribution < 1.29 is 0 Å². The van der Waals surface area contributed by atoms with Crippen molar-refractivity contribution >= 4 is 0 Å². The summed E-state index contributed by atoms with van der Waals surface area (Å²) in [5, 5.41) is 3.72. The van der Waals surface area contributed by atoms with Crippen LogP contribution in [-0.4, -0.2) is 61.7 Å². The summed E-state index contributed by atoms with van der Waals surface area (Å²) in [6.07, 6.45) is 6.88. The van der Waals surface area contributed by atoms with Gasteiger partial charge < -0.3 is 10.2 Å². The van der Waals surface area contributed by atoms with Crippen LogP contribution in [0.3, 0.4) is 0 Å². The quantitative estimate of drug-likeness (QED) is 0.758. The lowest BCUT2D eigenvalue weighted by atomic mass is 9.97. The second-order valence-electron chi connectivity index (χ2n) is 6.05. The van der Waals surface area contributed by atoms with Crippen LogP contribution >= 0.6 is 0 Å². The van der Waals surface area contributed by atoms with Gasteiger partial charge in [0.1, 0.15) is 0 Å². The molecule has 0 aromatic carbocycles. The molecule has 0 aliphatic carbocycles. The molecule has 3 heteroatoms. The van der Waals surface area contributed by atoms with Crippen LogP contribution in [0, 0.1) is 0 Å². The summed E-state index contributed by atoms with van der Waals surface area (Å²) in [4.78, 5) is 5.09. The Balaban J connectivity index is 1.80. The third-order valence-corrected chi connectivity index (χ3v) is 4.37. The second kappa shape index (κ2) is 6.17. The molecule has 0 aromatic rings. The zero-order valence-corrected chi connectivity index (χ0v) is 11.8. The minimum absolute atomic E-state index is 0.794. The summed E-state index contributed by atoms with van der Waals surface area (Å²) in [5.74, 6) is 0. The molecule has 0 radical (unpaired) electrons. The lowest BCUT2D eigenvalue weighted by Crippen LogP contribution is -2.50. The molecule has 100 valence electrons. The van der Waals surface area contributed by atoms with Gasteiger partial charge in [-0.05, 0) is 52.7 Å². The van der Waals surface area contributed by atoms with E-state index in [2.05, 4.69) is 36.1 Å². The van der Waals surface area contributed by atoms with Crippen LogP contribution in [0.5, 0.6) is 0 Å². The van der Waals surface area contributed by atoms with E-state index in [0.717, 1.165) is 18.1 Å². The lowest BCUT2D eigenvalue weighted by Gasteiger charge is -2.39. The van der Waals surface area contributed by atoms with Crippen molar-refractivity contribution in [1.82, 2.24) is 15.1 Å². The number of piperidine rings is 1. The highest BCUT2D eigenvalue weighted by Gasteiger charge is 2.39. The Morgan fingerprint density at radius 1 is 1.18 bits per heavy atom. The summed E-state index contributed by atoms with van der Waals surface area (Å²) in [6, 6.07) is 2.52. The van der Waals surface area contributed by atoms with Crippen molar-refractivity contribution in [2.75, 3.05) is 33.7 Å². The van der Waals surface area contributed by atoms with E-state index in [-0.39, 0.29) is 0 Å². The van der Waals surface area contributed by atoms with Crippen LogP contribution in [0.4, 0.5) is 0 Å². The first kappa shape index (κ1) is 13.3. The van der Waals surface area contributed by atoms with E-state index in [9.17, 15) is 0 Å². The smallest absolute Gasteiger partial charge is 0.0115 e. The number of hydrogen-bond donors (Lipinski definition) is 1. The van der Waals surface area contributed by atoms with E-state index in [0.29, 0.717) is 0 Å². The molecule has 0 aromatic heterocycles. The highest BCUT2D eigenvalue weighted by molar-refractivity contribution is 4.97. The molecule has 0 saturated carbocycles. The van der Waals surface area contributed by atoms with Gasteiger partial charge in [0.15, 0.2) is 0 Å². The van der Waals surface area contributed by atoms with Gasteiger partial charge in [-0.25, -0.2) is 0 Å². The molecular weight excluding hydrogens is 210 g/mol. The van der Waals surface area contributed by atoms with Crippen molar-refractivity contribution in [3.63, 3.8) is 0 Å². The predicted molar refractivity (Wildman–Crippen MR) is 73.4 cm³/mol. The first-order valence-corrected chi connectivity index (χ1v) is 7.34.